The number of hydrogen-bond donors (Lipinski definition) is 2. The Kier molecular flexibility index (Phi) is 13.5. The van der Waals surface area contributed by atoms with Crippen LogP contribution in [0.15, 0.2) is 9.52 Å². The topological polar surface area (TPSA) is 80.9 Å². The van der Waals surface area contributed by atoms with Gasteiger partial charge in [-0.25, -0.2) is 0 Å². The summed E-state index contributed by atoms with van der Waals surface area (Å²) in [6, 6.07) is 0. The summed E-state index contributed by atoms with van der Waals surface area (Å²) in [4.78, 5) is 4.65. The zero-order valence-electron chi connectivity index (χ0n) is 17.6. The molecule has 0 bridgehead atoms. The van der Waals surface area contributed by atoms with Crippen LogP contribution in [-0.2, 0) is 15.9 Å². The van der Waals surface area contributed by atoms with Gasteiger partial charge in [-0.1, -0.05) is 5.16 Å². The van der Waals surface area contributed by atoms with Gasteiger partial charge in [-0.15, -0.1) is 24.0 Å². The predicted octanol–water partition coefficient (Wildman–Crippen LogP) is 3.23. The first kappa shape index (κ1) is 25.2. The van der Waals surface area contributed by atoms with Gasteiger partial charge in [0, 0.05) is 51.6 Å². The first-order valence-electron chi connectivity index (χ1n) is 10.3. The molecule has 2 heterocycles. The summed E-state index contributed by atoms with van der Waals surface area (Å²) in [5.74, 6) is 2.46. The summed E-state index contributed by atoms with van der Waals surface area (Å²) in [7, 11) is 0. The molecule has 0 saturated carbocycles. The molecule has 0 aliphatic carbocycles. The van der Waals surface area contributed by atoms with Crippen molar-refractivity contribution in [3.05, 3.63) is 17.0 Å². The second kappa shape index (κ2) is 15.0. The fraction of sp³-hybridized carbons (Fsp3) is 0.800. The van der Waals surface area contributed by atoms with E-state index in [4.69, 9.17) is 14.0 Å². The van der Waals surface area contributed by atoms with Gasteiger partial charge in [0.05, 0.1) is 5.69 Å². The van der Waals surface area contributed by atoms with Gasteiger partial charge in [-0.3, -0.25) is 4.99 Å². The van der Waals surface area contributed by atoms with Crippen molar-refractivity contribution in [2.24, 2.45) is 10.9 Å². The van der Waals surface area contributed by atoms with Gasteiger partial charge in [-0.05, 0) is 58.8 Å². The molecule has 1 aromatic heterocycles. The number of aliphatic imine (C=N–C) groups is 1. The number of nitrogens with one attached hydrogen (secondary N) is 2. The number of aryl methyl sites for hydroxylation is 2. The summed E-state index contributed by atoms with van der Waals surface area (Å²) in [5, 5.41) is 10.7. The van der Waals surface area contributed by atoms with Crippen molar-refractivity contribution in [2.75, 3.05) is 46.1 Å². The molecule has 7 nitrogen and oxygen atoms in total. The van der Waals surface area contributed by atoms with E-state index in [0.717, 1.165) is 95.6 Å². The second-order valence-corrected chi connectivity index (χ2v) is 7.08. The smallest absolute Gasteiger partial charge is 0.191 e. The van der Waals surface area contributed by atoms with Crippen molar-refractivity contribution in [3.8, 4) is 0 Å². The number of nitrogens with zero attached hydrogens (tertiary/aromatic N) is 2. The molecule has 0 aromatic carbocycles. The molecule has 0 unspecified atom stereocenters. The molecule has 0 radical (unpaired) electrons. The highest BCUT2D eigenvalue weighted by Crippen LogP contribution is 2.15. The fourth-order valence-corrected chi connectivity index (χ4v) is 3.19. The number of ether oxygens (including phenoxy) is 2. The summed E-state index contributed by atoms with van der Waals surface area (Å²) in [6.07, 6.45) is 5.16. The highest BCUT2D eigenvalue weighted by Gasteiger charge is 2.13. The maximum Gasteiger partial charge on any atom is 0.191 e. The lowest BCUT2D eigenvalue weighted by atomic mass is 10.0. The Bertz CT molecular complexity index is 540. The van der Waals surface area contributed by atoms with Crippen LogP contribution in [0.2, 0.25) is 0 Å². The van der Waals surface area contributed by atoms with E-state index >= 15 is 0 Å². The lowest BCUT2D eigenvalue weighted by Gasteiger charge is -2.21. The van der Waals surface area contributed by atoms with E-state index in [1.807, 2.05) is 13.8 Å². The van der Waals surface area contributed by atoms with E-state index in [2.05, 4.69) is 27.7 Å². The largest absolute Gasteiger partial charge is 0.381 e. The summed E-state index contributed by atoms with van der Waals surface area (Å²) >= 11 is 0. The summed E-state index contributed by atoms with van der Waals surface area (Å²) < 4.78 is 16.4. The highest BCUT2D eigenvalue weighted by atomic mass is 127. The molecule has 0 atom stereocenters. The van der Waals surface area contributed by atoms with E-state index in [-0.39, 0.29) is 24.0 Å². The van der Waals surface area contributed by atoms with Crippen LogP contribution >= 0.6 is 24.0 Å². The van der Waals surface area contributed by atoms with Crippen LogP contribution in [0.3, 0.4) is 0 Å². The molecule has 0 spiro atoms. The quantitative estimate of drug-likeness (QED) is 0.207. The third-order valence-corrected chi connectivity index (χ3v) is 4.83. The molecule has 1 saturated heterocycles. The van der Waals surface area contributed by atoms with E-state index < -0.39 is 0 Å². The minimum Gasteiger partial charge on any atom is -0.381 e. The minimum atomic E-state index is 0. The Balaban J connectivity index is 0.00000392. The number of guanidine groups is 1. The van der Waals surface area contributed by atoms with E-state index in [0.29, 0.717) is 5.92 Å². The molecule has 2 N–H and O–H groups in total. The molecule has 1 aromatic rings. The van der Waals surface area contributed by atoms with Crippen molar-refractivity contribution >= 4 is 29.9 Å². The van der Waals surface area contributed by atoms with E-state index in [1.165, 1.54) is 5.56 Å². The van der Waals surface area contributed by atoms with Gasteiger partial charge in [0.15, 0.2) is 5.96 Å². The number of halogens is 1. The molecule has 1 fully saturated rings. The Morgan fingerprint density at radius 3 is 2.68 bits per heavy atom. The summed E-state index contributed by atoms with van der Waals surface area (Å²) in [6.45, 7) is 12.0. The maximum absolute atomic E-state index is 5.81. The molecule has 1 aliphatic rings. The Morgan fingerprint density at radius 1 is 1.21 bits per heavy atom. The molecule has 2 rings (SSSR count). The normalized spacial score (nSPS) is 15.3. The third kappa shape index (κ3) is 9.56. The SMILES string of the molecule is CCNC(=NCCCc1c(C)noc1C)NCCCOCC1CCOCC1.I. The average molecular weight is 508 g/mol. The van der Waals surface area contributed by atoms with Crippen LogP contribution in [0.25, 0.3) is 0 Å². The van der Waals surface area contributed by atoms with Crippen LogP contribution in [0.1, 0.15) is 49.6 Å². The standard InChI is InChI=1S/C20H36N4O3.HI/c1-4-21-20(22-10-5-7-19-16(2)24-27-17(19)3)23-11-6-12-26-15-18-8-13-25-14-9-18;/h18H,4-15H2,1-3H3,(H2,21,22,23);1H. The zero-order chi connectivity index (χ0) is 19.3. The maximum atomic E-state index is 5.81. The van der Waals surface area contributed by atoms with Crippen molar-refractivity contribution in [2.45, 2.75) is 52.9 Å². The molecule has 28 heavy (non-hydrogen) atoms. The highest BCUT2D eigenvalue weighted by molar-refractivity contribution is 14.0. The second-order valence-electron chi connectivity index (χ2n) is 7.08. The molecular weight excluding hydrogens is 471 g/mol. The number of hydrogen-bond acceptors (Lipinski definition) is 5. The van der Waals surface area contributed by atoms with Crippen LogP contribution < -0.4 is 10.6 Å². The van der Waals surface area contributed by atoms with Crippen LogP contribution in [0.4, 0.5) is 0 Å². The minimum absolute atomic E-state index is 0. The van der Waals surface area contributed by atoms with Crippen molar-refractivity contribution in [1.82, 2.24) is 15.8 Å². The Morgan fingerprint density at radius 2 is 2.00 bits per heavy atom. The number of rotatable bonds is 11. The van der Waals surface area contributed by atoms with E-state index in [1.54, 1.807) is 0 Å². The molecule has 1 aliphatic heterocycles. The first-order chi connectivity index (χ1) is 13.2. The van der Waals surface area contributed by atoms with Crippen LogP contribution in [-0.4, -0.2) is 57.2 Å². The average Bonchev–Trinajstić information content (AvgIpc) is 3.00. The zero-order valence-corrected chi connectivity index (χ0v) is 19.9. The molecular formula is C20H37IN4O3. The first-order valence-corrected chi connectivity index (χ1v) is 10.3. The van der Waals surface area contributed by atoms with Gasteiger partial charge in [-0.2, -0.15) is 0 Å². The van der Waals surface area contributed by atoms with Crippen molar-refractivity contribution in [1.29, 1.82) is 0 Å². The van der Waals surface area contributed by atoms with Gasteiger partial charge < -0.3 is 24.6 Å². The third-order valence-electron chi connectivity index (χ3n) is 4.83. The van der Waals surface area contributed by atoms with Gasteiger partial charge in [0.2, 0.25) is 0 Å². The van der Waals surface area contributed by atoms with Crippen molar-refractivity contribution < 1.29 is 14.0 Å². The Hall–Kier alpha value is -0.870. The van der Waals surface area contributed by atoms with Gasteiger partial charge in [0.25, 0.3) is 0 Å². The van der Waals surface area contributed by atoms with E-state index in [9.17, 15) is 0 Å². The predicted molar refractivity (Wildman–Crippen MR) is 123 cm³/mol. The molecule has 162 valence electrons. The lowest BCUT2D eigenvalue weighted by molar-refractivity contribution is 0.0203. The Labute approximate surface area is 186 Å². The lowest BCUT2D eigenvalue weighted by Crippen LogP contribution is -2.38. The van der Waals surface area contributed by atoms with Gasteiger partial charge in [0.1, 0.15) is 5.76 Å². The van der Waals surface area contributed by atoms with Crippen LogP contribution in [0, 0.1) is 19.8 Å². The number of aromatic nitrogens is 1. The molecule has 0 amide bonds. The van der Waals surface area contributed by atoms with Crippen molar-refractivity contribution in [3.63, 3.8) is 0 Å². The van der Waals surface area contributed by atoms with Crippen LogP contribution in [0.5, 0.6) is 0 Å². The summed E-state index contributed by atoms with van der Waals surface area (Å²) in [5.41, 5.74) is 2.20. The van der Waals surface area contributed by atoms with Gasteiger partial charge >= 0.3 is 0 Å². The monoisotopic (exact) mass is 508 g/mol. The fourth-order valence-electron chi connectivity index (χ4n) is 3.19. The molecule has 8 heteroatoms.